The average Bonchev–Trinajstić information content (AvgIpc) is 3.17. The normalized spacial score (nSPS) is 11.6. The molecule has 6 nitrogen and oxygen atoms in total. The van der Waals surface area contributed by atoms with Gasteiger partial charge < -0.3 is 9.52 Å². The molecule has 0 saturated heterocycles. The minimum atomic E-state index is -0.347. The van der Waals surface area contributed by atoms with Crippen molar-refractivity contribution < 1.29 is 9.52 Å². The van der Waals surface area contributed by atoms with Crippen molar-refractivity contribution in [3.63, 3.8) is 0 Å². The number of hydrogen-bond acceptors (Lipinski definition) is 5. The Labute approximate surface area is 175 Å². The van der Waals surface area contributed by atoms with E-state index in [0.717, 1.165) is 5.39 Å². The molecule has 0 atom stereocenters. The lowest BCUT2D eigenvalue weighted by molar-refractivity contribution is 0.474. The zero-order valence-corrected chi connectivity index (χ0v) is 16.2. The Bertz CT molecular complexity index is 1500. The third-order valence-corrected chi connectivity index (χ3v) is 4.94. The van der Waals surface area contributed by atoms with Crippen LogP contribution in [0.1, 0.15) is 5.56 Å². The van der Waals surface area contributed by atoms with Gasteiger partial charge in [0, 0.05) is 16.0 Å². The fourth-order valence-corrected chi connectivity index (χ4v) is 3.41. The van der Waals surface area contributed by atoms with Crippen molar-refractivity contribution in [3.05, 3.63) is 93.7 Å². The van der Waals surface area contributed by atoms with Crippen LogP contribution in [-0.2, 0) is 0 Å². The molecule has 7 heteroatoms. The predicted octanol–water partition coefficient (Wildman–Crippen LogP) is 5.05. The van der Waals surface area contributed by atoms with E-state index in [4.69, 9.17) is 16.0 Å². The fraction of sp³-hybridized carbons (Fsp3) is 0. The zero-order chi connectivity index (χ0) is 20.7. The summed E-state index contributed by atoms with van der Waals surface area (Å²) in [6.07, 6.45) is 1.41. The number of nitrogens with zero attached hydrogens (tertiary/aromatic N) is 3. The van der Waals surface area contributed by atoms with E-state index in [0.29, 0.717) is 32.8 Å². The van der Waals surface area contributed by atoms with Crippen LogP contribution < -0.4 is 5.56 Å². The summed E-state index contributed by atoms with van der Waals surface area (Å²) in [6.45, 7) is 0. The van der Waals surface area contributed by atoms with Crippen molar-refractivity contribution in [2.45, 2.75) is 0 Å². The molecule has 2 aromatic heterocycles. The summed E-state index contributed by atoms with van der Waals surface area (Å²) in [5.41, 5.74) is 1.28. The van der Waals surface area contributed by atoms with Crippen molar-refractivity contribution >= 4 is 39.7 Å². The maximum Gasteiger partial charge on any atom is 0.282 e. The highest BCUT2D eigenvalue weighted by atomic mass is 35.5. The van der Waals surface area contributed by atoms with Crippen LogP contribution >= 0.6 is 11.6 Å². The van der Waals surface area contributed by atoms with Gasteiger partial charge in [-0.05, 0) is 48.5 Å². The second kappa shape index (κ2) is 7.17. The van der Waals surface area contributed by atoms with Crippen molar-refractivity contribution in [2.24, 2.45) is 5.10 Å². The first kappa shape index (κ1) is 18.1. The molecule has 0 bridgehead atoms. The Morgan fingerprint density at radius 3 is 2.70 bits per heavy atom. The van der Waals surface area contributed by atoms with Crippen molar-refractivity contribution in [1.82, 2.24) is 9.66 Å². The van der Waals surface area contributed by atoms with Crippen LogP contribution in [0, 0.1) is 0 Å². The van der Waals surface area contributed by atoms with E-state index in [9.17, 15) is 9.90 Å². The van der Waals surface area contributed by atoms with Crippen LogP contribution in [0.5, 0.6) is 5.75 Å². The van der Waals surface area contributed by atoms with Gasteiger partial charge in [0.1, 0.15) is 11.3 Å². The standard InChI is InChI=1S/C23H14ClN3O3/c24-16-9-10-20-15(11-16)12-21(30-20)22-26-18-7-3-2-6-17(18)23(29)27(22)25-13-14-5-1-4-8-19(14)28/h1-13,28H. The largest absolute Gasteiger partial charge is 0.507 e. The summed E-state index contributed by atoms with van der Waals surface area (Å²) in [5.74, 6) is 0.685. The topological polar surface area (TPSA) is 80.6 Å². The Hall–Kier alpha value is -3.90. The van der Waals surface area contributed by atoms with Gasteiger partial charge in [0.15, 0.2) is 5.76 Å². The van der Waals surface area contributed by atoms with Gasteiger partial charge >= 0.3 is 0 Å². The Morgan fingerprint density at radius 2 is 1.83 bits per heavy atom. The van der Waals surface area contributed by atoms with Gasteiger partial charge in [-0.1, -0.05) is 35.9 Å². The Balaban J connectivity index is 1.76. The summed E-state index contributed by atoms with van der Waals surface area (Å²) in [5, 5.41) is 16.1. The Morgan fingerprint density at radius 1 is 1.03 bits per heavy atom. The van der Waals surface area contributed by atoms with E-state index in [1.165, 1.54) is 10.9 Å². The molecule has 0 fully saturated rings. The molecule has 0 spiro atoms. The molecule has 0 amide bonds. The molecule has 0 aliphatic rings. The minimum absolute atomic E-state index is 0.0583. The van der Waals surface area contributed by atoms with Gasteiger partial charge in [-0.3, -0.25) is 4.79 Å². The number of phenolic OH excluding ortho intramolecular Hbond substituents is 1. The second-order valence-corrected chi connectivity index (χ2v) is 7.10. The molecule has 146 valence electrons. The third-order valence-electron chi connectivity index (χ3n) is 4.70. The SMILES string of the molecule is O=c1c2ccccc2nc(-c2cc3cc(Cl)ccc3o2)n1N=Cc1ccccc1O. The van der Waals surface area contributed by atoms with Crippen LogP contribution in [0.3, 0.4) is 0 Å². The number of phenols is 1. The molecule has 5 aromatic rings. The number of aromatic hydroxyl groups is 1. The van der Waals surface area contributed by atoms with Crippen molar-refractivity contribution in [2.75, 3.05) is 0 Å². The van der Waals surface area contributed by atoms with Crippen molar-refractivity contribution in [3.8, 4) is 17.3 Å². The number of hydrogen-bond donors (Lipinski definition) is 1. The fourth-order valence-electron chi connectivity index (χ4n) is 3.23. The third kappa shape index (κ3) is 3.13. The number of fused-ring (bicyclic) bond motifs is 2. The minimum Gasteiger partial charge on any atom is -0.507 e. The lowest BCUT2D eigenvalue weighted by Crippen LogP contribution is -2.20. The monoisotopic (exact) mass is 415 g/mol. The van der Waals surface area contributed by atoms with Crippen LogP contribution in [0.4, 0.5) is 0 Å². The van der Waals surface area contributed by atoms with Crippen molar-refractivity contribution in [1.29, 1.82) is 0 Å². The Kier molecular flexibility index (Phi) is 4.34. The summed E-state index contributed by atoms with van der Waals surface area (Å²) < 4.78 is 7.10. The van der Waals surface area contributed by atoms with Gasteiger partial charge in [-0.2, -0.15) is 9.78 Å². The van der Waals surface area contributed by atoms with E-state index in [2.05, 4.69) is 10.1 Å². The number of aromatic nitrogens is 2. The summed E-state index contributed by atoms with van der Waals surface area (Å²) in [6, 6.07) is 20.8. The van der Waals surface area contributed by atoms with Gasteiger partial charge in [0.05, 0.1) is 17.1 Å². The predicted molar refractivity (Wildman–Crippen MR) is 117 cm³/mol. The molecule has 0 saturated carbocycles. The molecular weight excluding hydrogens is 402 g/mol. The molecule has 3 aromatic carbocycles. The van der Waals surface area contributed by atoms with Gasteiger partial charge in [-0.15, -0.1) is 0 Å². The first-order valence-electron chi connectivity index (χ1n) is 9.14. The maximum absolute atomic E-state index is 13.2. The molecular formula is C23H14ClN3O3. The number of furan rings is 1. The highest BCUT2D eigenvalue weighted by molar-refractivity contribution is 6.31. The average molecular weight is 416 g/mol. The molecule has 0 aliphatic carbocycles. The first-order chi connectivity index (χ1) is 14.6. The summed E-state index contributed by atoms with van der Waals surface area (Å²) in [7, 11) is 0. The number of rotatable bonds is 3. The molecule has 0 unspecified atom stereocenters. The van der Waals surface area contributed by atoms with Gasteiger partial charge in [0.2, 0.25) is 5.82 Å². The second-order valence-electron chi connectivity index (χ2n) is 6.67. The van der Waals surface area contributed by atoms with E-state index in [-0.39, 0.29) is 17.1 Å². The van der Waals surface area contributed by atoms with Gasteiger partial charge in [-0.25, -0.2) is 4.98 Å². The van der Waals surface area contributed by atoms with Crippen LogP contribution in [0.2, 0.25) is 5.02 Å². The van der Waals surface area contributed by atoms with Crippen LogP contribution in [0.25, 0.3) is 33.5 Å². The van der Waals surface area contributed by atoms with E-state index in [1.54, 1.807) is 66.7 Å². The number of benzene rings is 3. The molecule has 0 radical (unpaired) electrons. The molecule has 30 heavy (non-hydrogen) atoms. The van der Waals surface area contributed by atoms with Gasteiger partial charge in [0.25, 0.3) is 5.56 Å². The molecule has 0 aliphatic heterocycles. The zero-order valence-electron chi connectivity index (χ0n) is 15.5. The highest BCUT2D eigenvalue weighted by Crippen LogP contribution is 2.29. The highest BCUT2D eigenvalue weighted by Gasteiger charge is 2.16. The van der Waals surface area contributed by atoms with Crippen LogP contribution in [0.15, 0.2) is 87.1 Å². The quantitative estimate of drug-likeness (QED) is 0.418. The maximum atomic E-state index is 13.2. The summed E-state index contributed by atoms with van der Waals surface area (Å²) >= 11 is 6.08. The molecule has 2 heterocycles. The smallest absolute Gasteiger partial charge is 0.282 e. The summed E-state index contributed by atoms with van der Waals surface area (Å²) in [4.78, 5) is 17.8. The molecule has 5 rings (SSSR count). The first-order valence-corrected chi connectivity index (χ1v) is 9.51. The molecule has 1 N–H and O–H groups in total. The van der Waals surface area contributed by atoms with E-state index in [1.807, 2.05) is 6.07 Å². The van der Waals surface area contributed by atoms with E-state index >= 15 is 0 Å². The van der Waals surface area contributed by atoms with E-state index < -0.39 is 0 Å². The lowest BCUT2D eigenvalue weighted by atomic mass is 10.2. The number of halogens is 1. The lowest BCUT2D eigenvalue weighted by Gasteiger charge is -2.07. The van der Waals surface area contributed by atoms with Crippen LogP contribution in [-0.4, -0.2) is 21.0 Å². The number of para-hydroxylation sites is 2.